The summed E-state index contributed by atoms with van der Waals surface area (Å²) in [6.07, 6.45) is 0. The maximum atomic E-state index is 13.7. The van der Waals surface area contributed by atoms with Gasteiger partial charge in [0.1, 0.15) is 23.9 Å². The van der Waals surface area contributed by atoms with E-state index in [0.29, 0.717) is 0 Å². The summed E-state index contributed by atoms with van der Waals surface area (Å²) < 4.78 is 57.0. The molecular weight excluding hydrogens is 521 g/mol. The fourth-order valence-corrected chi connectivity index (χ4v) is 9.85. The van der Waals surface area contributed by atoms with Crippen molar-refractivity contribution in [2.45, 2.75) is 4.64 Å². The van der Waals surface area contributed by atoms with E-state index in [0.717, 1.165) is 6.47 Å². The van der Waals surface area contributed by atoms with Crippen LogP contribution in [-0.2, 0) is 23.2 Å². The third-order valence-electron chi connectivity index (χ3n) is 4.60. The molecule has 0 heterocycles. The molecule has 14 heteroatoms. The average molecular weight is 541 g/mol. The highest BCUT2D eigenvalue weighted by Crippen LogP contribution is 2.85. The fraction of sp³-hybridized carbons (Fsp3) is 0.0952. The minimum atomic E-state index is -5.78. The van der Waals surface area contributed by atoms with E-state index in [-0.39, 0.29) is 17.2 Å². The average Bonchev–Trinajstić information content (AvgIpc) is 2.80. The van der Waals surface area contributed by atoms with E-state index < -0.39 is 34.0 Å². The normalized spacial score (nSPS) is 17.9. The molecule has 3 atom stereocenters. The number of ether oxygens (including phenoxy) is 1. The van der Waals surface area contributed by atoms with Crippen LogP contribution >= 0.6 is 22.8 Å². The molecule has 0 saturated heterocycles. The topological polar surface area (TPSA) is 166 Å². The Hall–Kier alpha value is -2.90. The second-order valence-electron chi connectivity index (χ2n) is 6.92. The van der Waals surface area contributed by atoms with Crippen molar-refractivity contribution in [3.63, 3.8) is 0 Å². The first kappa shape index (κ1) is 26.7. The van der Waals surface area contributed by atoms with Gasteiger partial charge in [0.05, 0.1) is 0 Å². The predicted octanol–water partition coefficient (Wildman–Crippen LogP) is 4.52. The zero-order valence-electron chi connectivity index (χ0n) is 17.8. The molecule has 3 aromatic rings. The summed E-state index contributed by atoms with van der Waals surface area (Å²) in [6.45, 7) is -0.681. The third kappa shape index (κ3) is 5.68. The number of rotatable bonds is 12. The highest BCUT2D eigenvalue weighted by atomic mass is 31.3. The van der Waals surface area contributed by atoms with Gasteiger partial charge >= 0.3 is 33.9 Å². The highest BCUT2D eigenvalue weighted by Gasteiger charge is 2.78. The number of benzene rings is 3. The quantitative estimate of drug-likeness (QED) is 0.276. The van der Waals surface area contributed by atoms with Gasteiger partial charge < -0.3 is 33.0 Å². The maximum Gasteiger partial charge on any atom is 0.417 e. The summed E-state index contributed by atoms with van der Waals surface area (Å²) in [5.74, 6) is -0.883. The van der Waals surface area contributed by atoms with Crippen molar-refractivity contribution in [3.8, 4) is 17.2 Å². The van der Waals surface area contributed by atoms with Crippen molar-refractivity contribution in [1.82, 2.24) is 0 Å². The summed E-state index contributed by atoms with van der Waals surface area (Å²) in [4.78, 5) is 44.0. The van der Waals surface area contributed by atoms with Crippen molar-refractivity contribution < 1.29 is 51.5 Å². The van der Waals surface area contributed by atoms with Gasteiger partial charge in [-0.05, 0) is 36.4 Å². The lowest BCUT2D eigenvalue weighted by Gasteiger charge is -2.38. The van der Waals surface area contributed by atoms with E-state index in [9.17, 15) is 33.2 Å². The molecule has 0 aliphatic carbocycles. The van der Waals surface area contributed by atoms with E-state index >= 15 is 0 Å². The molecule has 3 N–H and O–H groups in total. The minimum Gasteiger partial charge on any atom is -0.454 e. The van der Waals surface area contributed by atoms with Gasteiger partial charge in [0.15, 0.2) is 0 Å². The van der Waals surface area contributed by atoms with Crippen LogP contribution in [0.4, 0.5) is 0 Å². The van der Waals surface area contributed by atoms with Crippen molar-refractivity contribution in [3.05, 3.63) is 91.0 Å². The van der Waals surface area contributed by atoms with Crippen LogP contribution < -0.4 is 13.6 Å². The second kappa shape index (κ2) is 10.8. The lowest BCUT2D eigenvalue weighted by molar-refractivity contribution is 0.232. The number of para-hydroxylation sites is 3. The maximum absolute atomic E-state index is 13.7. The van der Waals surface area contributed by atoms with Gasteiger partial charge in [-0.1, -0.05) is 54.6 Å². The Kier molecular flexibility index (Phi) is 8.23. The van der Waals surface area contributed by atoms with Crippen LogP contribution in [0.1, 0.15) is 0 Å². The molecule has 185 valence electrons. The van der Waals surface area contributed by atoms with Gasteiger partial charge in [-0.3, -0.25) is 0 Å². The molecule has 0 bridgehead atoms. The first-order valence-corrected chi connectivity index (χ1v) is 14.5. The van der Waals surface area contributed by atoms with Crippen molar-refractivity contribution in [1.29, 1.82) is 0 Å². The largest absolute Gasteiger partial charge is 0.454 e. The number of hydrogen-bond acceptors (Lipinski definition) is 8. The van der Waals surface area contributed by atoms with Crippen LogP contribution in [0.25, 0.3) is 0 Å². The number of carbonyl (C=O) groups excluding carboxylic acids is 1. The molecule has 1 radical (unpaired) electrons. The molecule has 0 aliphatic heterocycles. The van der Waals surface area contributed by atoms with Gasteiger partial charge in [-0.25, -0.2) is 18.5 Å². The lowest BCUT2D eigenvalue weighted by atomic mass is 10.3. The summed E-state index contributed by atoms with van der Waals surface area (Å²) in [5, 5.41) is 0. The molecule has 0 amide bonds. The molecule has 0 aliphatic rings. The van der Waals surface area contributed by atoms with Crippen LogP contribution in [0.2, 0.25) is 0 Å². The molecule has 11 nitrogen and oxygen atoms in total. The molecule has 35 heavy (non-hydrogen) atoms. The van der Waals surface area contributed by atoms with Crippen molar-refractivity contribution in [2.75, 3.05) is 6.61 Å². The van der Waals surface area contributed by atoms with Crippen molar-refractivity contribution >= 4 is 29.3 Å². The Balaban J connectivity index is 2.23. The van der Waals surface area contributed by atoms with Crippen LogP contribution in [0.15, 0.2) is 91.0 Å². The summed E-state index contributed by atoms with van der Waals surface area (Å²) in [7, 11) is -17.3. The summed E-state index contributed by atoms with van der Waals surface area (Å²) in [6, 6.07) is 20.5. The fourth-order valence-electron chi connectivity index (χ4n) is 2.94. The lowest BCUT2D eigenvalue weighted by Crippen LogP contribution is -2.39. The Morgan fingerprint density at radius 2 is 0.886 bits per heavy atom. The summed E-state index contributed by atoms with van der Waals surface area (Å²) >= 11 is 0. The summed E-state index contributed by atoms with van der Waals surface area (Å²) in [5.41, 5.74) is 0. The zero-order valence-corrected chi connectivity index (χ0v) is 20.5. The second-order valence-corrected chi connectivity index (χ2v) is 13.9. The Bertz CT molecular complexity index is 1120. The molecule has 3 rings (SSSR count). The van der Waals surface area contributed by atoms with E-state index in [1.54, 1.807) is 18.2 Å². The molecule has 0 aromatic heterocycles. The standard InChI is InChI=1S/C21H20O11P3/c22-17-29-16-21(33(23,24)30-18-10-4-1-5-11-18,34(25,26)31-19-12-6-2-7-13-19)35(27,28)32-20-14-8-3-9-15-20/h1-15H,16H2,(H,23,24)(H,25,26)(H,27,28). The molecule has 0 spiro atoms. The van der Waals surface area contributed by atoms with E-state index in [1.165, 1.54) is 72.8 Å². The zero-order chi connectivity index (χ0) is 25.6. The SMILES string of the molecule is O=[C]OCC(P(=O)(O)Oc1ccccc1)(P(=O)(O)Oc1ccccc1)P(=O)(O)Oc1ccccc1. The van der Waals surface area contributed by atoms with Crippen LogP contribution in [0, 0.1) is 0 Å². The van der Waals surface area contributed by atoms with Crippen LogP contribution in [0.3, 0.4) is 0 Å². The van der Waals surface area contributed by atoms with Gasteiger partial charge in [0.2, 0.25) is 0 Å². The van der Waals surface area contributed by atoms with Crippen LogP contribution in [-0.4, -0.2) is 32.4 Å². The smallest absolute Gasteiger partial charge is 0.417 e. The molecule has 3 aromatic carbocycles. The van der Waals surface area contributed by atoms with E-state index in [4.69, 9.17) is 13.6 Å². The highest BCUT2D eigenvalue weighted by molar-refractivity contribution is 7.90. The van der Waals surface area contributed by atoms with Gasteiger partial charge in [-0.2, -0.15) is 0 Å². The van der Waals surface area contributed by atoms with Crippen LogP contribution in [0.5, 0.6) is 17.2 Å². The monoisotopic (exact) mass is 541 g/mol. The molecule has 0 saturated carbocycles. The Morgan fingerprint density at radius 1 is 0.600 bits per heavy atom. The van der Waals surface area contributed by atoms with E-state index in [2.05, 4.69) is 4.74 Å². The Morgan fingerprint density at radius 3 is 1.14 bits per heavy atom. The molecular formula is C21H20O11P3. The van der Waals surface area contributed by atoms with E-state index in [1.807, 2.05) is 0 Å². The van der Waals surface area contributed by atoms with Crippen molar-refractivity contribution in [2.24, 2.45) is 0 Å². The van der Waals surface area contributed by atoms with Gasteiger partial charge in [0, 0.05) is 0 Å². The predicted molar refractivity (Wildman–Crippen MR) is 125 cm³/mol. The minimum absolute atomic E-state index is 0.294. The van der Waals surface area contributed by atoms with Gasteiger partial charge in [-0.15, -0.1) is 0 Å². The first-order chi connectivity index (χ1) is 16.5. The first-order valence-electron chi connectivity index (χ1n) is 9.76. The van der Waals surface area contributed by atoms with Gasteiger partial charge in [0.25, 0.3) is 0 Å². The third-order valence-corrected chi connectivity index (χ3v) is 13.6. The number of hydrogen-bond donors (Lipinski definition) is 3. The Labute approximate surface area is 200 Å². The molecule has 0 fully saturated rings. The molecule has 3 unspecified atom stereocenters.